The fourth-order valence-corrected chi connectivity index (χ4v) is 4.49. The maximum absolute atomic E-state index is 12.1. The van der Waals surface area contributed by atoms with Crippen LogP contribution in [0.2, 0.25) is 0 Å². The summed E-state index contributed by atoms with van der Waals surface area (Å²) in [4.78, 5) is 39.8. The van der Waals surface area contributed by atoms with E-state index >= 15 is 0 Å². The van der Waals surface area contributed by atoms with Crippen LogP contribution >= 0.6 is 23.1 Å². The van der Waals surface area contributed by atoms with E-state index < -0.39 is 24.5 Å². The van der Waals surface area contributed by atoms with Crippen molar-refractivity contribution in [1.82, 2.24) is 15.6 Å². The fraction of sp³-hybridized carbons (Fsp3) is 0.238. The van der Waals surface area contributed by atoms with E-state index in [0.717, 1.165) is 25.9 Å². The van der Waals surface area contributed by atoms with Gasteiger partial charge in [-0.3, -0.25) is 10.1 Å². The first kappa shape index (κ1) is 21.8. The van der Waals surface area contributed by atoms with Gasteiger partial charge in [0.05, 0.1) is 15.8 Å². The third kappa shape index (κ3) is 6.30. The number of imide groups is 1. The molecule has 0 bridgehead atoms. The van der Waals surface area contributed by atoms with Gasteiger partial charge in [0.1, 0.15) is 0 Å². The second-order valence-corrected chi connectivity index (χ2v) is 8.94. The molecule has 0 aliphatic heterocycles. The molecule has 9 heteroatoms. The number of thiazole rings is 1. The smallest absolute Gasteiger partial charge is 0.338 e. The van der Waals surface area contributed by atoms with Crippen LogP contribution in [0.15, 0.2) is 52.9 Å². The van der Waals surface area contributed by atoms with Gasteiger partial charge in [0, 0.05) is 11.8 Å². The third-order valence-corrected chi connectivity index (χ3v) is 6.08. The molecule has 0 fully saturated rings. The molecule has 1 aromatic heterocycles. The molecule has 3 rings (SSSR count). The first-order chi connectivity index (χ1) is 14.4. The number of para-hydroxylation sites is 1. The van der Waals surface area contributed by atoms with Crippen LogP contribution in [-0.4, -0.2) is 35.5 Å². The molecule has 7 nitrogen and oxygen atoms in total. The van der Waals surface area contributed by atoms with Crippen molar-refractivity contribution in [2.24, 2.45) is 0 Å². The summed E-state index contributed by atoms with van der Waals surface area (Å²) in [7, 11) is 0. The quantitative estimate of drug-likeness (QED) is 0.423. The lowest BCUT2D eigenvalue weighted by atomic mass is 10.1. The summed E-state index contributed by atoms with van der Waals surface area (Å²) < 4.78 is 7.10. The molecule has 156 valence electrons. The number of nitrogens with one attached hydrogen (secondary N) is 2. The fourth-order valence-electron chi connectivity index (χ4n) is 2.47. The second-order valence-electron chi connectivity index (χ2n) is 6.69. The molecule has 3 amide bonds. The SMILES string of the molecule is CC(C)NC(=O)NC(=O)COC(=O)c1ccc(CSc2nc3ccccc3s2)cc1. The van der Waals surface area contributed by atoms with Crippen LogP contribution in [0.5, 0.6) is 0 Å². The van der Waals surface area contributed by atoms with Crippen LogP contribution in [-0.2, 0) is 15.3 Å². The predicted octanol–water partition coefficient (Wildman–Crippen LogP) is 3.98. The van der Waals surface area contributed by atoms with Gasteiger partial charge in [-0.1, -0.05) is 36.0 Å². The van der Waals surface area contributed by atoms with Crippen molar-refractivity contribution in [3.8, 4) is 0 Å². The standard InChI is InChI=1S/C21H21N3O4S2/c1-13(2)22-20(27)24-18(25)11-28-19(26)15-9-7-14(8-10-15)12-29-21-23-16-5-3-4-6-17(16)30-21/h3-10,13H,11-12H2,1-2H3,(H2,22,24,25,27). The molecule has 0 saturated heterocycles. The van der Waals surface area contributed by atoms with Crippen molar-refractivity contribution in [3.63, 3.8) is 0 Å². The first-order valence-corrected chi connectivity index (χ1v) is 11.1. The van der Waals surface area contributed by atoms with Crippen LogP contribution < -0.4 is 10.6 Å². The Bertz CT molecular complexity index is 1010. The average Bonchev–Trinajstić information content (AvgIpc) is 3.13. The number of hydrogen-bond acceptors (Lipinski definition) is 7. The molecule has 0 atom stereocenters. The summed E-state index contributed by atoms with van der Waals surface area (Å²) in [5.41, 5.74) is 2.37. The summed E-state index contributed by atoms with van der Waals surface area (Å²) in [5, 5.41) is 4.61. The second kappa shape index (κ2) is 10.2. The summed E-state index contributed by atoms with van der Waals surface area (Å²) in [6.45, 7) is 3.01. The number of esters is 1. The van der Waals surface area contributed by atoms with Gasteiger partial charge in [-0.2, -0.15) is 0 Å². The molecule has 30 heavy (non-hydrogen) atoms. The Morgan fingerprint density at radius 1 is 1.10 bits per heavy atom. The normalized spacial score (nSPS) is 10.8. The maximum Gasteiger partial charge on any atom is 0.338 e. The van der Waals surface area contributed by atoms with Gasteiger partial charge < -0.3 is 10.1 Å². The number of carbonyl (C=O) groups excluding carboxylic acids is 3. The Morgan fingerprint density at radius 2 is 1.83 bits per heavy atom. The Hall–Kier alpha value is -2.91. The lowest BCUT2D eigenvalue weighted by Gasteiger charge is -2.09. The van der Waals surface area contributed by atoms with Gasteiger partial charge in [0.15, 0.2) is 10.9 Å². The van der Waals surface area contributed by atoms with Gasteiger partial charge in [0.25, 0.3) is 5.91 Å². The molecule has 0 spiro atoms. The highest BCUT2D eigenvalue weighted by molar-refractivity contribution is 8.00. The zero-order valence-electron chi connectivity index (χ0n) is 16.5. The number of amides is 3. The summed E-state index contributed by atoms with van der Waals surface area (Å²) in [6, 6.07) is 14.3. The van der Waals surface area contributed by atoms with E-state index in [1.165, 1.54) is 0 Å². The molecular formula is C21H21N3O4S2. The first-order valence-electron chi connectivity index (χ1n) is 9.25. The van der Waals surface area contributed by atoms with Crippen molar-refractivity contribution in [2.75, 3.05) is 6.61 Å². The van der Waals surface area contributed by atoms with Crippen molar-refractivity contribution >= 4 is 51.2 Å². The van der Waals surface area contributed by atoms with Crippen molar-refractivity contribution in [2.45, 2.75) is 30.0 Å². The topological polar surface area (TPSA) is 97.4 Å². The minimum atomic E-state index is -0.689. The number of fused-ring (bicyclic) bond motifs is 1. The van der Waals surface area contributed by atoms with E-state index in [1.54, 1.807) is 49.1 Å². The Labute approximate surface area is 182 Å². The van der Waals surface area contributed by atoms with Crippen LogP contribution in [0, 0.1) is 0 Å². The van der Waals surface area contributed by atoms with E-state index in [4.69, 9.17) is 4.74 Å². The largest absolute Gasteiger partial charge is 0.452 e. The third-order valence-electron chi connectivity index (χ3n) is 3.83. The van der Waals surface area contributed by atoms with Gasteiger partial charge >= 0.3 is 12.0 Å². The molecular weight excluding hydrogens is 422 g/mol. The molecule has 2 aromatic carbocycles. The maximum atomic E-state index is 12.1. The molecule has 3 aromatic rings. The molecule has 0 aliphatic rings. The monoisotopic (exact) mass is 443 g/mol. The van der Waals surface area contributed by atoms with E-state index in [2.05, 4.69) is 21.7 Å². The molecule has 0 saturated carbocycles. The zero-order valence-corrected chi connectivity index (χ0v) is 18.1. The highest BCUT2D eigenvalue weighted by atomic mass is 32.2. The number of aromatic nitrogens is 1. The van der Waals surface area contributed by atoms with Gasteiger partial charge in [-0.15, -0.1) is 11.3 Å². The Balaban J connectivity index is 1.46. The van der Waals surface area contributed by atoms with Gasteiger partial charge in [0.2, 0.25) is 0 Å². The number of urea groups is 1. The Kier molecular flexibility index (Phi) is 7.42. The van der Waals surface area contributed by atoms with E-state index in [-0.39, 0.29) is 6.04 Å². The minimum Gasteiger partial charge on any atom is -0.452 e. The van der Waals surface area contributed by atoms with Gasteiger partial charge in [-0.05, 0) is 43.7 Å². The van der Waals surface area contributed by atoms with Gasteiger partial charge in [-0.25, -0.2) is 14.6 Å². The molecule has 0 aliphatic carbocycles. The van der Waals surface area contributed by atoms with Crippen molar-refractivity contribution in [3.05, 3.63) is 59.7 Å². The number of hydrogen-bond donors (Lipinski definition) is 2. The van der Waals surface area contributed by atoms with Crippen LogP contribution in [0.3, 0.4) is 0 Å². The highest BCUT2D eigenvalue weighted by Crippen LogP contribution is 2.31. The summed E-state index contributed by atoms with van der Waals surface area (Å²) >= 11 is 3.29. The van der Waals surface area contributed by atoms with Crippen LogP contribution in [0.25, 0.3) is 10.2 Å². The predicted molar refractivity (Wildman–Crippen MR) is 118 cm³/mol. The summed E-state index contributed by atoms with van der Waals surface area (Å²) in [6.07, 6.45) is 0. The van der Waals surface area contributed by atoms with Crippen LogP contribution in [0.1, 0.15) is 29.8 Å². The van der Waals surface area contributed by atoms with E-state index in [1.807, 2.05) is 30.3 Å². The zero-order chi connectivity index (χ0) is 21.5. The van der Waals surface area contributed by atoms with Crippen molar-refractivity contribution in [1.29, 1.82) is 0 Å². The number of benzene rings is 2. The van der Waals surface area contributed by atoms with E-state index in [9.17, 15) is 14.4 Å². The molecule has 1 heterocycles. The number of carbonyl (C=O) groups is 3. The number of ether oxygens (including phenoxy) is 1. The number of rotatable bonds is 7. The molecule has 0 unspecified atom stereocenters. The minimum absolute atomic E-state index is 0.105. The molecule has 0 radical (unpaired) electrons. The molecule has 2 N–H and O–H groups in total. The Morgan fingerprint density at radius 3 is 2.53 bits per heavy atom. The summed E-state index contributed by atoms with van der Waals surface area (Å²) in [5.74, 6) is -0.590. The lowest BCUT2D eigenvalue weighted by molar-refractivity contribution is -0.123. The van der Waals surface area contributed by atoms with Crippen molar-refractivity contribution < 1.29 is 19.1 Å². The lowest BCUT2D eigenvalue weighted by Crippen LogP contribution is -2.44. The average molecular weight is 444 g/mol. The number of nitrogens with zero attached hydrogens (tertiary/aromatic N) is 1. The number of thioether (sulfide) groups is 1. The van der Waals surface area contributed by atoms with E-state index in [0.29, 0.717) is 5.56 Å². The highest BCUT2D eigenvalue weighted by Gasteiger charge is 2.13. The van der Waals surface area contributed by atoms with Crippen LogP contribution in [0.4, 0.5) is 4.79 Å².